The Bertz CT molecular complexity index is 1520. The number of aromatic nitrogens is 2. The number of nitrogens with zero attached hydrogens (tertiary/aromatic N) is 3. The van der Waals surface area contributed by atoms with Gasteiger partial charge in [-0.25, -0.2) is 0 Å². The van der Waals surface area contributed by atoms with Gasteiger partial charge in [0, 0.05) is 35.2 Å². The molecule has 4 aromatic rings. The van der Waals surface area contributed by atoms with Gasteiger partial charge in [0.25, 0.3) is 5.89 Å². The molecule has 0 spiro atoms. The van der Waals surface area contributed by atoms with Crippen LogP contribution in [0.1, 0.15) is 22.9 Å². The Hall–Kier alpha value is -4.13. The van der Waals surface area contributed by atoms with Gasteiger partial charge in [0.15, 0.2) is 0 Å². The van der Waals surface area contributed by atoms with E-state index in [9.17, 15) is 0 Å². The van der Waals surface area contributed by atoms with Crippen molar-refractivity contribution in [2.24, 2.45) is 5.73 Å². The highest BCUT2D eigenvalue weighted by molar-refractivity contribution is 6.30. The molecule has 0 saturated heterocycles. The third kappa shape index (κ3) is 4.57. The molecule has 1 aromatic heterocycles. The molecule has 0 fully saturated rings. The van der Waals surface area contributed by atoms with Gasteiger partial charge < -0.3 is 15.0 Å². The fraction of sp³-hybridized carbons (Fsp3) is 0.133. The fourth-order valence-corrected chi connectivity index (χ4v) is 5.10. The molecule has 184 valence electrons. The van der Waals surface area contributed by atoms with Gasteiger partial charge in [0.2, 0.25) is 11.7 Å². The van der Waals surface area contributed by atoms with Crippen molar-refractivity contribution in [2.45, 2.75) is 5.92 Å². The highest BCUT2D eigenvalue weighted by Gasteiger charge is 2.39. The van der Waals surface area contributed by atoms with Gasteiger partial charge in [-0.05, 0) is 54.1 Å². The van der Waals surface area contributed by atoms with Crippen molar-refractivity contribution in [3.05, 3.63) is 130 Å². The van der Waals surface area contributed by atoms with Crippen LogP contribution in [-0.4, -0.2) is 35.2 Å². The first kappa shape index (κ1) is 23.3. The molecule has 6 rings (SSSR count). The van der Waals surface area contributed by atoms with E-state index in [0.29, 0.717) is 22.3 Å². The van der Waals surface area contributed by atoms with E-state index in [1.807, 2.05) is 48.5 Å². The van der Waals surface area contributed by atoms with Crippen molar-refractivity contribution in [1.82, 2.24) is 15.0 Å². The van der Waals surface area contributed by atoms with Crippen LogP contribution < -0.4 is 5.73 Å². The second kappa shape index (κ2) is 9.73. The van der Waals surface area contributed by atoms with Crippen molar-refractivity contribution in [1.29, 1.82) is 0 Å². The lowest BCUT2D eigenvalue weighted by atomic mass is 9.79. The number of halogens is 1. The Morgan fingerprint density at radius 1 is 0.946 bits per heavy atom. The van der Waals surface area contributed by atoms with Crippen molar-refractivity contribution >= 4 is 23.3 Å². The van der Waals surface area contributed by atoms with E-state index in [1.165, 1.54) is 0 Å². The van der Waals surface area contributed by atoms with Gasteiger partial charge in [-0.15, -0.1) is 0 Å². The van der Waals surface area contributed by atoms with Crippen molar-refractivity contribution in [2.75, 3.05) is 20.1 Å². The van der Waals surface area contributed by atoms with Crippen LogP contribution in [0.25, 0.3) is 23.0 Å². The molecule has 1 atom stereocenters. The molecule has 7 heteroatoms. The van der Waals surface area contributed by atoms with E-state index in [1.54, 1.807) is 12.1 Å². The van der Waals surface area contributed by atoms with E-state index in [2.05, 4.69) is 47.4 Å². The maximum atomic E-state index is 6.64. The molecule has 1 unspecified atom stereocenters. The molecule has 3 heterocycles. The van der Waals surface area contributed by atoms with Crippen LogP contribution in [0.15, 0.2) is 112 Å². The molecule has 37 heavy (non-hydrogen) atoms. The molecule has 3 aromatic carbocycles. The van der Waals surface area contributed by atoms with Crippen LogP contribution in [0, 0.1) is 0 Å². The number of allylic oxidation sites excluding steroid dienone is 1. The Morgan fingerprint density at radius 3 is 2.38 bits per heavy atom. The van der Waals surface area contributed by atoms with Gasteiger partial charge >= 0.3 is 0 Å². The van der Waals surface area contributed by atoms with Crippen molar-refractivity contribution < 1.29 is 9.26 Å². The summed E-state index contributed by atoms with van der Waals surface area (Å²) in [5.41, 5.74) is 12.5. The highest BCUT2D eigenvalue weighted by Crippen LogP contribution is 2.47. The number of likely N-dealkylation sites (N-methyl/N-ethyl adjacent to an activating group) is 1. The number of hydrogen-bond donors (Lipinski definition) is 1. The van der Waals surface area contributed by atoms with E-state index < -0.39 is 0 Å². The number of rotatable bonds is 4. The summed E-state index contributed by atoms with van der Waals surface area (Å²) in [7, 11) is 2.11. The van der Waals surface area contributed by atoms with Crippen LogP contribution >= 0.6 is 11.6 Å². The minimum Gasteiger partial charge on any atom is -0.441 e. The monoisotopic (exact) mass is 508 g/mol. The summed E-state index contributed by atoms with van der Waals surface area (Å²) in [4.78, 5) is 6.99. The first-order chi connectivity index (χ1) is 18.1. The Morgan fingerprint density at radius 2 is 1.65 bits per heavy atom. The summed E-state index contributed by atoms with van der Waals surface area (Å²) in [6.07, 6.45) is 2.16. The van der Waals surface area contributed by atoms with Gasteiger partial charge in [0.05, 0.1) is 5.57 Å². The normalized spacial score (nSPS) is 19.2. The minimum atomic E-state index is -0.203. The Balaban J connectivity index is 1.48. The predicted molar refractivity (Wildman–Crippen MR) is 145 cm³/mol. The average molecular weight is 509 g/mol. The van der Waals surface area contributed by atoms with E-state index >= 15 is 0 Å². The maximum absolute atomic E-state index is 6.64. The van der Waals surface area contributed by atoms with Gasteiger partial charge in [-0.2, -0.15) is 4.98 Å². The average Bonchev–Trinajstić information content (AvgIpc) is 3.40. The SMILES string of the molecule is CN1CC2=C(OC(N)=C(c3nc(-c4ccc(Cl)cc4)no3)C2c2ccccc2)/C(=C/c2ccccc2)C1. The van der Waals surface area contributed by atoms with E-state index in [-0.39, 0.29) is 11.8 Å². The van der Waals surface area contributed by atoms with Crippen LogP contribution in [0.2, 0.25) is 5.02 Å². The molecule has 2 aliphatic rings. The van der Waals surface area contributed by atoms with E-state index in [0.717, 1.165) is 46.7 Å². The standard InChI is InChI=1S/C30H25ClN4O2/c1-35-17-22(16-19-8-4-2-5-9-19)27-24(18-35)25(20-10-6-3-7-11-20)26(28(32)36-27)30-33-29(34-37-30)21-12-14-23(31)15-13-21/h2-16,25H,17-18,32H2,1H3/b22-16+. The number of hydrogen-bond acceptors (Lipinski definition) is 6. The topological polar surface area (TPSA) is 77.4 Å². The Labute approximate surface area is 220 Å². The number of ether oxygens (including phenoxy) is 1. The molecule has 0 bridgehead atoms. The molecule has 0 saturated carbocycles. The van der Waals surface area contributed by atoms with Gasteiger partial charge in [0.1, 0.15) is 5.76 Å². The molecule has 2 aliphatic heterocycles. The van der Waals surface area contributed by atoms with Crippen LogP contribution in [-0.2, 0) is 4.74 Å². The smallest absolute Gasteiger partial charge is 0.260 e. The quantitative estimate of drug-likeness (QED) is 0.358. The first-order valence-electron chi connectivity index (χ1n) is 12.1. The molecular formula is C30H25ClN4O2. The summed E-state index contributed by atoms with van der Waals surface area (Å²) < 4.78 is 12.1. The second-order valence-corrected chi connectivity index (χ2v) is 9.70. The molecule has 0 radical (unpaired) electrons. The molecule has 0 amide bonds. The lowest BCUT2D eigenvalue weighted by molar-refractivity contribution is 0.256. The second-order valence-electron chi connectivity index (χ2n) is 9.26. The summed E-state index contributed by atoms with van der Waals surface area (Å²) in [5.74, 6) is 1.68. The van der Waals surface area contributed by atoms with Crippen LogP contribution in [0.4, 0.5) is 0 Å². The van der Waals surface area contributed by atoms with Crippen molar-refractivity contribution in [3.63, 3.8) is 0 Å². The first-order valence-corrected chi connectivity index (χ1v) is 12.4. The predicted octanol–water partition coefficient (Wildman–Crippen LogP) is 6.11. The zero-order valence-electron chi connectivity index (χ0n) is 20.3. The van der Waals surface area contributed by atoms with Gasteiger partial charge in [-0.3, -0.25) is 4.90 Å². The van der Waals surface area contributed by atoms with E-state index in [4.69, 9.17) is 31.6 Å². The van der Waals surface area contributed by atoms with Crippen LogP contribution in [0.5, 0.6) is 0 Å². The Kier molecular flexibility index (Phi) is 6.12. The molecule has 2 N–H and O–H groups in total. The number of nitrogens with two attached hydrogens (primary N) is 1. The third-order valence-corrected chi connectivity index (χ3v) is 6.86. The van der Waals surface area contributed by atoms with Crippen LogP contribution in [0.3, 0.4) is 0 Å². The molecule has 6 nitrogen and oxygen atoms in total. The molecule has 0 aliphatic carbocycles. The summed E-state index contributed by atoms with van der Waals surface area (Å²) in [6, 6.07) is 27.8. The third-order valence-electron chi connectivity index (χ3n) is 6.61. The molecular weight excluding hydrogens is 484 g/mol. The number of benzene rings is 3. The largest absolute Gasteiger partial charge is 0.441 e. The van der Waals surface area contributed by atoms with Crippen molar-refractivity contribution in [3.8, 4) is 11.4 Å². The summed E-state index contributed by atoms with van der Waals surface area (Å²) in [6.45, 7) is 1.47. The lowest BCUT2D eigenvalue weighted by Gasteiger charge is -2.37. The lowest BCUT2D eigenvalue weighted by Crippen LogP contribution is -2.35. The zero-order chi connectivity index (χ0) is 25.4. The maximum Gasteiger partial charge on any atom is 0.260 e. The van der Waals surface area contributed by atoms with Gasteiger partial charge in [-0.1, -0.05) is 77.4 Å². The highest BCUT2D eigenvalue weighted by atomic mass is 35.5. The minimum absolute atomic E-state index is 0.203. The summed E-state index contributed by atoms with van der Waals surface area (Å²) in [5, 5.41) is 4.87. The summed E-state index contributed by atoms with van der Waals surface area (Å²) >= 11 is 6.05. The zero-order valence-corrected chi connectivity index (χ0v) is 21.0. The fourth-order valence-electron chi connectivity index (χ4n) is 4.98.